The van der Waals surface area contributed by atoms with Crippen molar-refractivity contribution in [2.45, 2.75) is 116 Å². The first kappa shape index (κ1) is 74.9. The van der Waals surface area contributed by atoms with Gasteiger partial charge in [-0.2, -0.15) is 9.97 Å². The molecule has 37 nitrogen and oxygen atoms in total. The van der Waals surface area contributed by atoms with Crippen molar-refractivity contribution in [1.29, 1.82) is 0 Å². The number of hydrogen-bond donors (Lipinski definition) is 7. The van der Waals surface area contributed by atoms with Gasteiger partial charge in [-0.15, -0.1) is 0 Å². The molecule has 50 heteroatoms. The normalized spacial score (nSPS) is 29.6. The van der Waals surface area contributed by atoms with Crippen LogP contribution in [0.25, 0.3) is 49.5 Å². The number of carbonyl (C=O) groups excluding carboxylic acids is 1. The van der Waals surface area contributed by atoms with E-state index in [4.69, 9.17) is 86.1 Å². The lowest BCUT2D eigenvalue weighted by atomic mass is 10.1. The second-order valence-electron chi connectivity index (χ2n) is 21.0. The van der Waals surface area contributed by atoms with Gasteiger partial charge < -0.3 is 52.5 Å². The van der Waals surface area contributed by atoms with E-state index >= 15 is 26.3 Å². The SMILES string of the molecule is C.C.Nc1nc2c(ncn2[C@@H]2O[C@@H]3COP(O)(=S)OCC(F)(F)Cn4c(nc5cncnc54)COP(=O)(S)O[C@@H]2[C@@H]3F)c(=O)[nH]1.[C-]#[N+]CCOP1(=O)OC[C@H]2O[C@@H](n3cnc4c(=O)[nH]c(NC(=O)C(C)C)nc43)[C@H](OP(O)(=S)OCc3nc4cncnc4n3CC(F)(F)CO1)[C@@H]2F. The van der Waals surface area contributed by atoms with Crippen molar-refractivity contribution in [3.05, 3.63) is 81.5 Å². The number of imidazole rings is 4. The highest BCUT2D eigenvalue weighted by Crippen LogP contribution is 2.59. The van der Waals surface area contributed by atoms with Crippen molar-refractivity contribution in [3.8, 4) is 0 Å². The van der Waals surface area contributed by atoms with Gasteiger partial charge >= 0.3 is 28.1 Å². The van der Waals surface area contributed by atoms with Crippen LogP contribution in [0.1, 0.15) is 52.8 Å². The van der Waals surface area contributed by atoms with Crippen LogP contribution in [-0.4, -0.2) is 182 Å². The van der Waals surface area contributed by atoms with Crippen LogP contribution in [0.15, 0.2) is 47.3 Å². The first-order valence-corrected chi connectivity index (χ1v) is 36.6. The molecule has 0 aliphatic carbocycles. The van der Waals surface area contributed by atoms with Crippen molar-refractivity contribution < 1.29 is 100 Å². The van der Waals surface area contributed by atoms with Crippen LogP contribution >= 0.6 is 40.3 Å². The smallest absolute Gasteiger partial charge is 0.369 e. The van der Waals surface area contributed by atoms with Gasteiger partial charge in [0.15, 0.2) is 58.4 Å². The fourth-order valence-electron chi connectivity index (χ4n) is 9.52. The molecule has 528 valence electrons. The zero-order valence-electron chi connectivity index (χ0n) is 48.3. The number of aromatic amines is 2. The van der Waals surface area contributed by atoms with Gasteiger partial charge in [0.1, 0.15) is 92.8 Å². The molecule has 2 saturated heterocycles. The van der Waals surface area contributed by atoms with Crippen LogP contribution in [-0.2, 0) is 114 Å². The minimum absolute atomic E-state index is 0. The third-order valence-corrected chi connectivity index (χ3v) is 19.9. The van der Waals surface area contributed by atoms with E-state index in [0.717, 1.165) is 43.6 Å². The van der Waals surface area contributed by atoms with E-state index in [9.17, 15) is 33.3 Å². The highest BCUT2D eigenvalue weighted by Gasteiger charge is 2.53. The zero-order valence-corrected chi connectivity index (χ0v) is 54.4. The van der Waals surface area contributed by atoms with E-state index in [1.165, 1.54) is 12.4 Å². The molecule has 4 aliphatic heterocycles. The Labute approximate surface area is 556 Å². The lowest BCUT2D eigenvalue weighted by Gasteiger charge is -2.26. The molecule has 7 N–H and O–H groups in total. The Morgan fingerprint density at radius 3 is 1.84 bits per heavy atom. The number of aromatic nitrogens is 16. The van der Waals surface area contributed by atoms with Crippen LogP contribution in [0.2, 0.25) is 0 Å². The number of amides is 1. The number of nitrogen functional groups attached to an aromatic ring is 1. The van der Waals surface area contributed by atoms with Gasteiger partial charge in [-0.3, -0.25) is 65.9 Å². The number of alkyl halides is 6. The molecular weight excluding hydrogens is 1450 g/mol. The largest absolute Gasteiger partial charge is 0.475 e. The van der Waals surface area contributed by atoms with Crippen molar-refractivity contribution >= 4 is 126 Å². The summed E-state index contributed by atoms with van der Waals surface area (Å²) in [5.74, 6) is -9.42. The number of phosphoric acid groups is 1. The summed E-state index contributed by atoms with van der Waals surface area (Å²) >= 11 is 14.0. The molecule has 0 radical (unpaired) electrons. The molecule has 4 aliphatic rings. The van der Waals surface area contributed by atoms with Crippen molar-refractivity contribution in [2.24, 2.45) is 5.92 Å². The number of halogens is 6. The minimum Gasteiger partial charge on any atom is -0.369 e. The molecule has 2 fully saturated rings. The first-order chi connectivity index (χ1) is 44.8. The molecular formula is C47H57F6N19O18P4S3. The maximum atomic E-state index is 16.3. The Balaban J connectivity index is 0.000000226. The number of rotatable bonds is 7. The van der Waals surface area contributed by atoms with Crippen LogP contribution in [0.4, 0.5) is 38.2 Å². The monoisotopic (exact) mass is 1510 g/mol. The van der Waals surface area contributed by atoms with Crippen LogP contribution in [0.3, 0.4) is 0 Å². The molecule has 0 aromatic carbocycles. The standard InChI is InChI=1S/C26H29F3N10O10P2S.C19H20F3N9O8P2S2.2CH4/c1-13(2)22(40)36-25-35-21-18(23(41)37-25)33-12-39(21)24-19-17(27)15(48-24)7-45-50(42,44-5-4-30-3)47-10-26(28,29)9-38-16(8-46-51(43,52)49-19)34-14-6-31-11-32-20(14)38;20-11-9-2-35-40(33,42)37-5-19(21,22)4-30-10(27-8-1-24-6-25-14(8)30)3-36-41(34,43)39-13(11)17(38-9)31-7-26-12-15(31)28-18(23)29-16(12)32;;/h6,11-13,15,17,19,24H,4-5,7-10H2,1-2H3,(H,43,52)(H2,35,36,37,40,41);1,6-7,9,11,13,17H,2-5H2,(H,33,42)(H,34,43)(H3,23,28,29,32);2*1H4/t15-,17-,19-,24-,50?,51?;9-,11-,13-,17-,40?,41?;;/m11../s1. The molecule has 12 heterocycles. The van der Waals surface area contributed by atoms with Crippen molar-refractivity contribution in [1.82, 2.24) is 78.1 Å². The number of H-pyrrole nitrogens is 2. The van der Waals surface area contributed by atoms with Gasteiger partial charge in [-0.05, 0) is 23.6 Å². The third kappa shape index (κ3) is 17.0. The number of ether oxygens (including phenoxy) is 2. The van der Waals surface area contributed by atoms with Crippen molar-refractivity contribution in [3.63, 3.8) is 0 Å². The summed E-state index contributed by atoms with van der Waals surface area (Å²) in [5, 5.41) is 2.45. The number of thiol groups is 1. The summed E-state index contributed by atoms with van der Waals surface area (Å²) in [6.07, 6.45) is -7.75. The summed E-state index contributed by atoms with van der Waals surface area (Å²) < 4.78 is 183. The van der Waals surface area contributed by atoms with E-state index in [1.807, 2.05) is 0 Å². The molecule has 0 spiro atoms. The quantitative estimate of drug-likeness (QED) is 0.0339. The average Bonchev–Trinajstić information content (AvgIpc) is 1.62. The lowest BCUT2D eigenvalue weighted by molar-refractivity contribution is -0.119. The number of nitrogens with zero attached hydrogens (tertiary/aromatic N) is 15. The third-order valence-electron chi connectivity index (χ3n) is 13.8. The van der Waals surface area contributed by atoms with Crippen LogP contribution < -0.4 is 22.2 Å². The number of carbonyl (C=O) groups is 1. The van der Waals surface area contributed by atoms with Crippen molar-refractivity contribution in [2.75, 3.05) is 50.6 Å². The molecule has 8 aromatic rings. The molecule has 12 rings (SSSR count). The second kappa shape index (κ2) is 29.5. The number of anilines is 2. The lowest BCUT2D eigenvalue weighted by Crippen LogP contribution is -2.33. The zero-order chi connectivity index (χ0) is 68.2. The molecule has 12 atom stereocenters. The number of phosphoric ester groups is 1. The maximum Gasteiger partial charge on any atom is 0.475 e. The van der Waals surface area contributed by atoms with Gasteiger partial charge in [0, 0.05) is 5.92 Å². The second-order valence-corrected chi connectivity index (χ2v) is 31.1. The highest BCUT2D eigenvalue weighted by molar-refractivity contribution is 8.44. The molecule has 0 saturated carbocycles. The Morgan fingerprint density at radius 2 is 1.28 bits per heavy atom. The molecule has 8 aromatic heterocycles. The van der Waals surface area contributed by atoms with Gasteiger partial charge in [0.05, 0.1) is 51.4 Å². The van der Waals surface area contributed by atoms with Gasteiger partial charge in [-0.25, -0.2) is 81.9 Å². The fraction of sp³-hybridized carbons (Fsp3) is 0.532. The Bertz CT molecular complexity index is 4610. The van der Waals surface area contributed by atoms with E-state index < -0.39 is 171 Å². The first-order valence-electron chi connectivity index (χ1n) is 27.3. The molecule has 4 unspecified atom stereocenters. The Morgan fingerprint density at radius 1 is 0.763 bits per heavy atom. The van der Waals surface area contributed by atoms with E-state index in [-0.39, 0.29) is 89.6 Å². The summed E-state index contributed by atoms with van der Waals surface area (Å²) in [6, 6.07) is 0. The topological polar surface area (TPSA) is 450 Å². The summed E-state index contributed by atoms with van der Waals surface area (Å²) in [6.45, 7) is -12.5. The molecule has 97 heavy (non-hydrogen) atoms. The summed E-state index contributed by atoms with van der Waals surface area (Å²) in [4.78, 5) is 107. The fourth-order valence-corrected chi connectivity index (χ4v) is 14.5. The van der Waals surface area contributed by atoms with E-state index in [1.54, 1.807) is 13.8 Å². The predicted molar refractivity (Wildman–Crippen MR) is 334 cm³/mol. The average molecular weight is 1510 g/mol. The summed E-state index contributed by atoms with van der Waals surface area (Å²) in [5.41, 5.74) is 3.45. The number of hydrogen-bond acceptors (Lipinski definition) is 29. The minimum atomic E-state index is -4.94. The van der Waals surface area contributed by atoms with Gasteiger partial charge in [-0.1, -0.05) is 40.9 Å². The summed E-state index contributed by atoms with van der Waals surface area (Å²) in [7, 11) is -4.94. The number of fused-ring (bicyclic) bond motifs is 12. The maximum absolute atomic E-state index is 16.3. The van der Waals surface area contributed by atoms with Crippen LogP contribution in [0.5, 0.6) is 0 Å². The molecule has 1 amide bonds. The number of nitrogens with two attached hydrogens (primary N) is 1. The van der Waals surface area contributed by atoms with Gasteiger partial charge in [0.2, 0.25) is 24.3 Å². The van der Waals surface area contributed by atoms with E-state index in [0.29, 0.717) is 0 Å². The van der Waals surface area contributed by atoms with Crippen LogP contribution in [0, 0.1) is 12.5 Å². The van der Waals surface area contributed by atoms with E-state index in [2.05, 4.69) is 82.2 Å². The van der Waals surface area contributed by atoms with Gasteiger partial charge in [0.25, 0.3) is 23.0 Å². The Kier molecular flexibility index (Phi) is 22.8. The highest BCUT2D eigenvalue weighted by atomic mass is 32.7. The molecule has 4 bridgehead atoms. The Hall–Kier alpha value is -6.27. The predicted octanol–water partition coefficient (Wildman–Crippen LogP) is 5.52. The number of nitrogens with one attached hydrogen (secondary N) is 3.